The highest BCUT2D eigenvalue weighted by molar-refractivity contribution is 5.90. The maximum Gasteiger partial charge on any atom is 0.245 e. The van der Waals surface area contributed by atoms with Gasteiger partial charge >= 0.3 is 0 Å². The number of hydrogen-bond acceptors (Lipinski definition) is 5. The number of carbonyl (C=O) groups excluding carboxylic acids is 3. The Bertz CT molecular complexity index is 907. The molecule has 2 aliphatic carbocycles. The van der Waals surface area contributed by atoms with Crippen molar-refractivity contribution in [2.24, 2.45) is 11.8 Å². The van der Waals surface area contributed by atoms with Crippen LogP contribution in [0.15, 0.2) is 24.3 Å². The summed E-state index contributed by atoms with van der Waals surface area (Å²) in [7, 11) is 1.64. The van der Waals surface area contributed by atoms with Crippen LogP contribution < -0.4 is 10.1 Å². The first kappa shape index (κ1) is 22.2. The van der Waals surface area contributed by atoms with E-state index in [0.717, 1.165) is 50.1 Å². The number of nitrogens with zero attached hydrogens (tertiary/aromatic N) is 3. The van der Waals surface area contributed by atoms with Crippen molar-refractivity contribution in [1.29, 1.82) is 0 Å². The Morgan fingerprint density at radius 1 is 1.06 bits per heavy atom. The number of ether oxygens (including phenoxy) is 1. The minimum absolute atomic E-state index is 0.0354. The van der Waals surface area contributed by atoms with Gasteiger partial charge in [0, 0.05) is 51.1 Å². The van der Waals surface area contributed by atoms with Gasteiger partial charge in [0.2, 0.25) is 17.7 Å². The van der Waals surface area contributed by atoms with E-state index in [0.29, 0.717) is 32.6 Å². The van der Waals surface area contributed by atoms with Crippen LogP contribution in [0.4, 0.5) is 0 Å². The van der Waals surface area contributed by atoms with Crippen LogP contribution >= 0.6 is 0 Å². The molecule has 8 nitrogen and oxygen atoms in total. The smallest absolute Gasteiger partial charge is 0.245 e. The molecule has 1 aromatic rings. The number of rotatable bonds is 7. The summed E-state index contributed by atoms with van der Waals surface area (Å²) in [5.41, 5.74) is 1.00. The van der Waals surface area contributed by atoms with Crippen molar-refractivity contribution < 1.29 is 19.1 Å². The molecule has 3 amide bonds. The molecule has 1 N–H and O–H groups in total. The fraction of sp³-hybridized carbons (Fsp3) is 0.640. The van der Waals surface area contributed by atoms with Crippen molar-refractivity contribution in [2.45, 2.75) is 50.7 Å². The van der Waals surface area contributed by atoms with Gasteiger partial charge in [0.25, 0.3) is 0 Å². The zero-order chi connectivity index (χ0) is 22.9. The minimum Gasteiger partial charge on any atom is -0.497 e. The first-order valence-corrected chi connectivity index (χ1v) is 12.3. The Balaban J connectivity index is 1.38. The molecule has 0 spiro atoms. The number of benzene rings is 1. The van der Waals surface area contributed by atoms with Gasteiger partial charge in [-0.05, 0) is 49.8 Å². The van der Waals surface area contributed by atoms with Crippen LogP contribution in [0.5, 0.6) is 5.75 Å². The highest BCUT2D eigenvalue weighted by Crippen LogP contribution is 2.37. The van der Waals surface area contributed by atoms with E-state index < -0.39 is 6.04 Å². The van der Waals surface area contributed by atoms with Crippen molar-refractivity contribution in [3.63, 3.8) is 0 Å². The van der Waals surface area contributed by atoms with E-state index in [2.05, 4.69) is 5.32 Å². The predicted octanol–water partition coefficient (Wildman–Crippen LogP) is 1.25. The molecule has 2 saturated heterocycles. The van der Waals surface area contributed by atoms with Gasteiger partial charge in [-0.2, -0.15) is 0 Å². The van der Waals surface area contributed by atoms with Crippen LogP contribution in [0, 0.1) is 11.8 Å². The highest BCUT2D eigenvalue weighted by Gasteiger charge is 2.48. The Labute approximate surface area is 195 Å². The van der Waals surface area contributed by atoms with Gasteiger partial charge < -0.3 is 24.8 Å². The number of methoxy groups -OCH3 is 1. The lowest BCUT2D eigenvalue weighted by Crippen LogP contribution is -2.53. The van der Waals surface area contributed by atoms with Gasteiger partial charge in [0.05, 0.1) is 13.2 Å². The first-order chi connectivity index (χ1) is 16.0. The third-order valence-corrected chi connectivity index (χ3v) is 7.34. The first-order valence-electron chi connectivity index (χ1n) is 12.3. The molecule has 5 rings (SSSR count). The molecule has 4 aliphatic rings. The average Bonchev–Trinajstić information content (AvgIpc) is 3.78. The molecular formula is C25H34N4O4. The molecule has 0 aromatic heterocycles. The quantitative estimate of drug-likeness (QED) is 0.671. The molecule has 2 unspecified atom stereocenters. The monoisotopic (exact) mass is 454 g/mol. The van der Waals surface area contributed by atoms with Crippen molar-refractivity contribution in [3.05, 3.63) is 29.8 Å². The second-order valence-electron chi connectivity index (χ2n) is 9.84. The highest BCUT2D eigenvalue weighted by atomic mass is 16.5. The minimum atomic E-state index is -0.471. The third kappa shape index (κ3) is 4.86. The molecule has 0 bridgehead atoms. The maximum atomic E-state index is 13.5. The summed E-state index contributed by atoms with van der Waals surface area (Å²) in [6.45, 7) is 3.80. The van der Waals surface area contributed by atoms with E-state index in [-0.39, 0.29) is 35.6 Å². The molecule has 8 heteroatoms. The van der Waals surface area contributed by atoms with Crippen LogP contribution in [0.1, 0.15) is 37.7 Å². The molecule has 0 radical (unpaired) electrons. The number of carbonyl (C=O) groups is 3. The van der Waals surface area contributed by atoms with Crippen molar-refractivity contribution in [3.8, 4) is 5.75 Å². The summed E-state index contributed by atoms with van der Waals surface area (Å²) in [6.07, 6.45) is 4.18. The topological polar surface area (TPSA) is 82.2 Å². The van der Waals surface area contributed by atoms with Gasteiger partial charge in [-0.15, -0.1) is 0 Å². The molecule has 4 fully saturated rings. The molecule has 33 heavy (non-hydrogen) atoms. The summed E-state index contributed by atoms with van der Waals surface area (Å²) < 4.78 is 5.37. The van der Waals surface area contributed by atoms with Crippen molar-refractivity contribution in [1.82, 2.24) is 20.0 Å². The standard InChI is InChI=1S/C25H34N4O4/c1-33-21-4-2-3-17(13-21)15-28(23(30)18-5-6-18)20-14-22(25(32)27-11-9-26-10-12-27)29(16-20)24(31)19-7-8-19/h2-4,13,18-20,22,26H,5-12,14-16H2,1H3. The molecule has 2 aliphatic heterocycles. The lowest BCUT2D eigenvalue weighted by molar-refractivity contribution is -0.144. The predicted molar refractivity (Wildman–Crippen MR) is 122 cm³/mol. The Morgan fingerprint density at radius 3 is 2.45 bits per heavy atom. The molecule has 178 valence electrons. The molecule has 1 aromatic carbocycles. The van der Waals surface area contributed by atoms with Crippen LogP contribution in [0.3, 0.4) is 0 Å². The zero-order valence-corrected chi connectivity index (χ0v) is 19.4. The van der Waals surface area contributed by atoms with Crippen LogP contribution in [-0.2, 0) is 20.9 Å². The molecule has 2 heterocycles. The van der Waals surface area contributed by atoms with Crippen molar-refractivity contribution in [2.75, 3.05) is 39.8 Å². The largest absolute Gasteiger partial charge is 0.497 e. The Morgan fingerprint density at radius 2 is 1.79 bits per heavy atom. The van der Waals surface area contributed by atoms with Crippen LogP contribution in [-0.4, -0.2) is 84.3 Å². The normalized spacial score (nSPS) is 25.1. The van der Waals surface area contributed by atoms with Crippen LogP contribution in [0.25, 0.3) is 0 Å². The van der Waals surface area contributed by atoms with Gasteiger partial charge in [0.15, 0.2) is 0 Å². The zero-order valence-electron chi connectivity index (χ0n) is 19.4. The fourth-order valence-corrected chi connectivity index (χ4v) is 5.10. The maximum absolute atomic E-state index is 13.5. The summed E-state index contributed by atoms with van der Waals surface area (Å²) in [6, 6.07) is 7.16. The summed E-state index contributed by atoms with van der Waals surface area (Å²) in [5, 5.41) is 3.28. The van der Waals surface area contributed by atoms with Gasteiger partial charge in [0.1, 0.15) is 11.8 Å². The summed E-state index contributed by atoms with van der Waals surface area (Å²) in [4.78, 5) is 45.6. The van der Waals surface area contributed by atoms with Gasteiger partial charge in [-0.25, -0.2) is 0 Å². The number of piperazine rings is 1. The molecule has 2 atom stereocenters. The number of nitrogens with one attached hydrogen (secondary N) is 1. The number of likely N-dealkylation sites (tertiary alicyclic amines) is 1. The van der Waals surface area contributed by atoms with E-state index >= 15 is 0 Å². The summed E-state index contributed by atoms with van der Waals surface area (Å²) in [5.74, 6) is 1.16. The van der Waals surface area contributed by atoms with E-state index in [9.17, 15) is 14.4 Å². The van der Waals surface area contributed by atoms with E-state index in [4.69, 9.17) is 4.74 Å². The lowest BCUT2D eigenvalue weighted by atomic mass is 10.1. The summed E-state index contributed by atoms with van der Waals surface area (Å²) >= 11 is 0. The second-order valence-corrected chi connectivity index (χ2v) is 9.84. The molecular weight excluding hydrogens is 420 g/mol. The second kappa shape index (κ2) is 9.33. The van der Waals surface area contributed by atoms with Gasteiger partial charge in [-0.3, -0.25) is 14.4 Å². The Kier molecular flexibility index (Phi) is 6.27. The molecule has 2 saturated carbocycles. The van der Waals surface area contributed by atoms with E-state index in [1.807, 2.05) is 34.1 Å². The van der Waals surface area contributed by atoms with Crippen LogP contribution in [0.2, 0.25) is 0 Å². The Hall–Kier alpha value is -2.61. The van der Waals surface area contributed by atoms with E-state index in [1.54, 1.807) is 12.0 Å². The SMILES string of the molecule is COc1cccc(CN(C(=O)C2CC2)C2CC(C(=O)N3CCNCC3)N(C(=O)C3CC3)C2)c1. The van der Waals surface area contributed by atoms with Gasteiger partial charge in [-0.1, -0.05) is 12.1 Å². The third-order valence-electron chi connectivity index (χ3n) is 7.34. The number of hydrogen-bond donors (Lipinski definition) is 1. The lowest BCUT2D eigenvalue weighted by Gasteiger charge is -2.32. The number of amides is 3. The fourth-order valence-electron chi connectivity index (χ4n) is 5.10. The average molecular weight is 455 g/mol. The van der Waals surface area contributed by atoms with E-state index in [1.165, 1.54) is 0 Å². The van der Waals surface area contributed by atoms with Crippen molar-refractivity contribution >= 4 is 17.7 Å².